The predicted molar refractivity (Wildman–Crippen MR) is 67.6 cm³/mol. The van der Waals surface area contributed by atoms with Crippen molar-refractivity contribution in [3.05, 3.63) is 11.2 Å². The van der Waals surface area contributed by atoms with Crippen LogP contribution in [-0.2, 0) is 0 Å². The molecule has 0 spiro atoms. The second kappa shape index (κ2) is 5.06. The maximum absolute atomic E-state index is 6.14. The third-order valence-electron chi connectivity index (χ3n) is 3.15. The normalized spacial score (nSPS) is 24.1. The van der Waals surface area contributed by atoms with E-state index in [4.69, 9.17) is 22.1 Å². The average Bonchev–Trinajstić information content (AvgIpc) is 2.71. The van der Waals surface area contributed by atoms with Crippen molar-refractivity contribution in [2.45, 2.75) is 19.4 Å². The molecule has 2 N–H and O–H groups in total. The number of hydrogen-bond donors (Lipinski definition) is 1. The van der Waals surface area contributed by atoms with Gasteiger partial charge in [0.25, 0.3) is 0 Å². The van der Waals surface area contributed by atoms with Crippen LogP contribution in [0.3, 0.4) is 0 Å². The molecule has 1 aromatic rings. The molecule has 0 aliphatic carbocycles. The first-order valence-corrected chi connectivity index (χ1v) is 6.06. The lowest BCUT2D eigenvalue weighted by Gasteiger charge is -2.23. The molecule has 5 nitrogen and oxygen atoms in total. The van der Waals surface area contributed by atoms with Crippen molar-refractivity contribution in [2.75, 3.05) is 25.1 Å². The quantitative estimate of drug-likeness (QED) is 0.884. The highest BCUT2D eigenvalue weighted by atomic mass is 35.5. The minimum absolute atomic E-state index is 0.341. The molecule has 2 atom stereocenters. The van der Waals surface area contributed by atoms with E-state index >= 15 is 0 Å². The molecular weight excluding hydrogens is 240 g/mol. The van der Waals surface area contributed by atoms with Gasteiger partial charge >= 0.3 is 6.01 Å². The Morgan fingerprint density at radius 2 is 2.41 bits per heavy atom. The summed E-state index contributed by atoms with van der Waals surface area (Å²) in [6, 6.07) is 0.730. The summed E-state index contributed by atoms with van der Waals surface area (Å²) in [6.45, 7) is 3.73. The van der Waals surface area contributed by atoms with E-state index in [0.717, 1.165) is 18.8 Å². The highest BCUT2D eigenvalue weighted by Gasteiger charge is 2.30. The van der Waals surface area contributed by atoms with Gasteiger partial charge in [0, 0.05) is 12.6 Å². The smallest absolute Gasteiger partial charge is 0.318 e. The van der Waals surface area contributed by atoms with Gasteiger partial charge in [-0.1, -0.05) is 11.6 Å². The molecule has 2 heterocycles. The molecule has 17 heavy (non-hydrogen) atoms. The zero-order chi connectivity index (χ0) is 12.4. The van der Waals surface area contributed by atoms with Gasteiger partial charge in [-0.25, -0.2) is 4.98 Å². The number of rotatable bonds is 3. The molecule has 0 bridgehead atoms. The molecule has 1 fully saturated rings. The molecule has 94 valence electrons. The number of methoxy groups -OCH3 is 1. The van der Waals surface area contributed by atoms with Crippen LogP contribution >= 0.6 is 11.6 Å². The third kappa shape index (κ3) is 2.45. The summed E-state index contributed by atoms with van der Waals surface area (Å²) in [7, 11) is 1.54. The van der Waals surface area contributed by atoms with Crippen LogP contribution in [0.15, 0.2) is 6.20 Å². The molecule has 0 aromatic carbocycles. The van der Waals surface area contributed by atoms with Crippen molar-refractivity contribution in [3.8, 4) is 6.01 Å². The Morgan fingerprint density at radius 3 is 3.00 bits per heavy atom. The van der Waals surface area contributed by atoms with Crippen molar-refractivity contribution in [1.29, 1.82) is 0 Å². The molecule has 1 aliphatic heterocycles. The summed E-state index contributed by atoms with van der Waals surface area (Å²) in [5.74, 6) is 1.24. The maximum Gasteiger partial charge on any atom is 0.318 e. The second-order valence-electron chi connectivity index (χ2n) is 4.37. The molecule has 2 unspecified atom stereocenters. The van der Waals surface area contributed by atoms with E-state index in [-0.39, 0.29) is 0 Å². The number of halogens is 1. The number of aromatic nitrogens is 2. The van der Waals surface area contributed by atoms with Gasteiger partial charge in [0.15, 0.2) is 5.82 Å². The fourth-order valence-electron chi connectivity index (χ4n) is 2.25. The van der Waals surface area contributed by atoms with Crippen molar-refractivity contribution in [2.24, 2.45) is 11.7 Å². The van der Waals surface area contributed by atoms with E-state index in [1.807, 2.05) is 0 Å². The molecule has 1 aromatic heterocycles. The van der Waals surface area contributed by atoms with E-state index in [1.165, 1.54) is 0 Å². The van der Waals surface area contributed by atoms with E-state index < -0.39 is 0 Å². The van der Waals surface area contributed by atoms with Crippen molar-refractivity contribution in [1.82, 2.24) is 9.97 Å². The second-order valence-corrected chi connectivity index (χ2v) is 4.77. The summed E-state index contributed by atoms with van der Waals surface area (Å²) >= 11 is 6.14. The zero-order valence-electron chi connectivity index (χ0n) is 10.1. The zero-order valence-corrected chi connectivity index (χ0v) is 10.8. The number of nitrogens with zero attached hydrogens (tertiary/aromatic N) is 3. The molecule has 0 saturated carbocycles. The molecule has 0 radical (unpaired) electrons. The summed E-state index contributed by atoms with van der Waals surface area (Å²) in [6.07, 6.45) is 2.64. The largest absolute Gasteiger partial charge is 0.467 e. The van der Waals surface area contributed by atoms with Crippen LogP contribution in [0, 0.1) is 5.92 Å². The lowest BCUT2D eigenvalue weighted by Crippen LogP contribution is -2.28. The molecule has 0 amide bonds. The summed E-state index contributed by atoms with van der Waals surface area (Å²) in [5, 5.41) is 0.551. The Labute approximate surface area is 106 Å². The summed E-state index contributed by atoms with van der Waals surface area (Å²) < 4.78 is 5.03. The van der Waals surface area contributed by atoms with Crippen LogP contribution in [0.4, 0.5) is 5.82 Å². The Morgan fingerprint density at radius 1 is 1.65 bits per heavy atom. The van der Waals surface area contributed by atoms with Gasteiger partial charge in [-0.3, -0.25) is 0 Å². The van der Waals surface area contributed by atoms with Gasteiger partial charge in [0.1, 0.15) is 5.02 Å². The van der Waals surface area contributed by atoms with Crippen LogP contribution in [0.2, 0.25) is 5.02 Å². The molecule has 2 rings (SSSR count). The fraction of sp³-hybridized carbons (Fsp3) is 0.636. The first kappa shape index (κ1) is 12.4. The Bertz CT molecular complexity index is 401. The average molecular weight is 257 g/mol. The lowest BCUT2D eigenvalue weighted by molar-refractivity contribution is 0.379. The molecule has 1 saturated heterocycles. The highest BCUT2D eigenvalue weighted by molar-refractivity contribution is 6.32. The minimum Gasteiger partial charge on any atom is -0.467 e. The SMILES string of the molecule is COc1ncc(Cl)c(N2CC(CN)CC2C)n1. The Balaban J connectivity index is 2.27. The first-order valence-electron chi connectivity index (χ1n) is 5.69. The van der Waals surface area contributed by atoms with E-state index in [2.05, 4.69) is 21.8 Å². The summed E-state index contributed by atoms with van der Waals surface area (Å²) in [5.41, 5.74) is 5.71. The minimum atomic E-state index is 0.341. The fourth-order valence-corrected chi connectivity index (χ4v) is 2.45. The standard InChI is InChI=1S/C11H17ClN4O/c1-7-3-8(4-13)6-16(7)10-9(12)5-14-11(15-10)17-2/h5,7-8H,3-4,6,13H2,1-2H3. The van der Waals surface area contributed by atoms with Crippen molar-refractivity contribution < 1.29 is 4.74 Å². The number of ether oxygens (including phenoxy) is 1. The van der Waals surface area contributed by atoms with Gasteiger partial charge in [-0.2, -0.15) is 4.98 Å². The van der Waals surface area contributed by atoms with E-state index in [0.29, 0.717) is 29.5 Å². The summed E-state index contributed by atoms with van der Waals surface area (Å²) in [4.78, 5) is 10.5. The predicted octanol–water partition coefficient (Wildman–Crippen LogP) is 1.31. The van der Waals surface area contributed by atoms with Crippen molar-refractivity contribution in [3.63, 3.8) is 0 Å². The van der Waals surface area contributed by atoms with Crippen LogP contribution in [0.1, 0.15) is 13.3 Å². The third-order valence-corrected chi connectivity index (χ3v) is 3.42. The van der Waals surface area contributed by atoms with E-state index in [9.17, 15) is 0 Å². The molecule has 1 aliphatic rings. The van der Waals surface area contributed by atoms with Crippen LogP contribution in [-0.4, -0.2) is 36.2 Å². The van der Waals surface area contributed by atoms with Gasteiger partial charge in [0.05, 0.1) is 13.3 Å². The van der Waals surface area contributed by atoms with Gasteiger partial charge in [0.2, 0.25) is 0 Å². The maximum atomic E-state index is 6.14. The van der Waals surface area contributed by atoms with Gasteiger partial charge in [-0.05, 0) is 25.8 Å². The van der Waals surface area contributed by atoms with Crippen LogP contribution in [0.5, 0.6) is 6.01 Å². The monoisotopic (exact) mass is 256 g/mol. The Hall–Kier alpha value is -1.07. The highest BCUT2D eigenvalue weighted by Crippen LogP contribution is 2.32. The number of hydrogen-bond acceptors (Lipinski definition) is 5. The van der Waals surface area contributed by atoms with Crippen molar-refractivity contribution >= 4 is 17.4 Å². The van der Waals surface area contributed by atoms with Crippen LogP contribution in [0.25, 0.3) is 0 Å². The van der Waals surface area contributed by atoms with Gasteiger partial charge in [-0.15, -0.1) is 0 Å². The number of anilines is 1. The lowest BCUT2D eigenvalue weighted by atomic mass is 10.1. The Kier molecular flexibility index (Phi) is 3.69. The topological polar surface area (TPSA) is 64.3 Å². The van der Waals surface area contributed by atoms with Gasteiger partial charge < -0.3 is 15.4 Å². The van der Waals surface area contributed by atoms with E-state index in [1.54, 1.807) is 13.3 Å². The first-order chi connectivity index (χ1) is 8.15. The number of nitrogens with two attached hydrogens (primary N) is 1. The molecule has 6 heteroatoms. The van der Waals surface area contributed by atoms with Crippen LogP contribution < -0.4 is 15.4 Å². The molecular formula is C11H17ClN4O.